The average Bonchev–Trinajstić information content (AvgIpc) is 3.21. The van der Waals surface area contributed by atoms with Gasteiger partial charge in [0.1, 0.15) is 6.04 Å². The number of amides is 2. The largest absolute Gasteiger partial charge is 0.465 e. The highest BCUT2D eigenvalue weighted by Crippen LogP contribution is 2.45. The minimum absolute atomic E-state index is 0.199. The molecule has 0 spiro atoms. The number of hydrogen-bond acceptors (Lipinski definition) is 5. The number of ether oxygens (including phenoxy) is 1. The normalized spacial score (nSPS) is 26.4. The van der Waals surface area contributed by atoms with Gasteiger partial charge < -0.3 is 4.74 Å². The molecule has 1 N–H and O–H groups in total. The Labute approximate surface area is 167 Å². The van der Waals surface area contributed by atoms with Crippen molar-refractivity contribution in [3.05, 3.63) is 65.2 Å². The summed E-state index contributed by atoms with van der Waals surface area (Å²) in [6, 6.07) is 14.4. The minimum Gasteiger partial charge on any atom is -0.465 e. The molecule has 144 valence electrons. The fourth-order valence-corrected chi connectivity index (χ4v) is 4.19. The van der Waals surface area contributed by atoms with E-state index in [0.29, 0.717) is 10.7 Å². The Morgan fingerprint density at radius 2 is 1.68 bits per heavy atom. The third kappa shape index (κ3) is 2.99. The van der Waals surface area contributed by atoms with Crippen LogP contribution in [-0.4, -0.2) is 30.4 Å². The second-order valence-electron chi connectivity index (χ2n) is 6.82. The summed E-state index contributed by atoms with van der Waals surface area (Å²) in [6.07, 6.45) is 0. The number of halogens is 1. The molecular weight excluding hydrogens is 380 g/mol. The Morgan fingerprint density at radius 3 is 2.32 bits per heavy atom. The third-order valence-corrected chi connectivity index (χ3v) is 5.51. The number of hydrogen-bond donors (Lipinski definition) is 1. The molecule has 7 heteroatoms. The van der Waals surface area contributed by atoms with Gasteiger partial charge in [-0.1, -0.05) is 41.9 Å². The van der Waals surface area contributed by atoms with Gasteiger partial charge >= 0.3 is 5.97 Å². The molecule has 2 aromatic carbocycles. The smallest absolute Gasteiger partial charge is 0.324 e. The summed E-state index contributed by atoms with van der Waals surface area (Å²) in [5.41, 5.74) is 1.30. The number of anilines is 1. The zero-order chi connectivity index (χ0) is 19.8. The molecule has 0 bridgehead atoms. The number of imide groups is 1. The lowest BCUT2D eigenvalue weighted by molar-refractivity contribution is -0.148. The maximum Gasteiger partial charge on any atom is 0.324 e. The molecule has 2 amide bonds. The summed E-state index contributed by atoms with van der Waals surface area (Å²) in [4.78, 5) is 40.2. The standard InChI is InChI=1S/C21H19ClN2O4/c1-2-28-21(27)18-16-15(17(23-18)12-8-10-13(22)11-9-12)19(25)24(20(16)26)14-6-4-3-5-7-14/h3-11,15-18,23H,2H2,1H3/t15-,16+,17-,18-/m0/s1. The van der Waals surface area contributed by atoms with Gasteiger partial charge in [0.15, 0.2) is 0 Å². The Kier molecular flexibility index (Phi) is 4.91. The number of rotatable bonds is 4. The first-order valence-electron chi connectivity index (χ1n) is 9.14. The lowest BCUT2D eigenvalue weighted by Gasteiger charge is -2.22. The lowest BCUT2D eigenvalue weighted by atomic mass is 9.86. The summed E-state index contributed by atoms with van der Waals surface area (Å²) in [5.74, 6) is -2.73. The lowest BCUT2D eigenvalue weighted by Crippen LogP contribution is -2.44. The van der Waals surface area contributed by atoms with Crippen molar-refractivity contribution in [1.82, 2.24) is 5.32 Å². The maximum atomic E-state index is 13.3. The molecule has 0 aromatic heterocycles. The van der Waals surface area contributed by atoms with E-state index in [1.807, 2.05) is 6.07 Å². The Bertz CT molecular complexity index is 916. The number of carbonyl (C=O) groups is 3. The second kappa shape index (κ2) is 7.37. The summed E-state index contributed by atoms with van der Waals surface area (Å²) < 4.78 is 5.16. The van der Waals surface area contributed by atoms with Gasteiger partial charge in [-0.25, -0.2) is 4.90 Å². The van der Waals surface area contributed by atoms with Crippen molar-refractivity contribution in [2.75, 3.05) is 11.5 Å². The van der Waals surface area contributed by atoms with E-state index in [1.165, 1.54) is 4.90 Å². The summed E-state index contributed by atoms with van der Waals surface area (Å²) in [6.45, 7) is 1.91. The van der Waals surface area contributed by atoms with Crippen LogP contribution in [-0.2, 0) is 19.1 Å². The van der Waals surface area contributed by atoms with E-state index < -0.39 is 29.9 Å². The Balaban J connectivity index is 1.75. The zero-order valence-electron chi connectivity index (χ0n) is 15.2. The van der Waals surface area contributed by atoms with E-state index in [0.717, 1.165) is 5.56 Å². The third-order valence-electron chi connectivity index (χ3n) is 5.26. The molecule has 2 aliphatic rings. The highest BCUT2D eigenvalue weighted by Gasteiger charge is 2.61. The van der Waals surface area contributed by atoms with Crippen molar-refractivity contribution >= 4 is 35.1 Å². The number of esters is 1. The van der Waals surface area contributed by atoms with Gasteiger partial charge in [-0.05, 0) is 36.8 Å². The average molecular weight is 399 g/mol. The fourth-order valence-electron chi connectivity index (χ4n) is 4.07. The molecule has 0 saturated carbocycles. The van der Waals surface area contributed by atoms with E-state index in [1.54, 1.807) is 55.5 Å². The molecule has 2 aromatic rings. The van der Waals surface area contributed by atoms with Gasteiger partial charge in [0, 0.05) is 11.1 Å². The van der Waals surface area contributed by atoms with Crippen LogP contribution in [0.15, 0.2) is 54.6 Å². The van der Waals surface area contributed by atoms with Crippen molar-refractivity contribution in [2.45, 2.75) is 19.0 Å². The number of fused-ring (bicyclic) bond motifs is 1. The van der Waals surface area contributed by atoms with E-state index in [9.17, 15) is 14.4 Å². The van der Waals surface area contributed by atoms with Crippen LogP contribution in [0.4, 0.5) is 5.69 Å². The molecule has 2 heterocycles. The number of nitrogens with zero attached hydrogens (tertiary/aromatic N) is 1. The molecule has 4 rings (SSSR count). The molecule has 0 aliphatic carbocycles. The Morgan fingerprint density at radius 1 is 1.04 bits per heavy atom. The first-order valence-corrected chi connectivity index (χ1v) is 9.51. The number of nitrogens with one attached hydrogen (secondary N) is 1. The van der Waals surface area contributed by atoms with Crippen LogP contribution in [0, 0.1) is 11.8 Å². The predicted octanol–water partition coefficient (Wildman–Crippen LogP) is 2.72. The predicted molar refractivity (Wildman–Crippen MR) is 104 cm³/mol. The fraction of sp³-hybridized carbons (Fsp3) is 0.286. The topological polar surface area (TPSA) is 75.7 Å². The number of benzene rings is 2. The van der Waals surface area contributed by atoms with E-state index in [2.05, 4.69) is 5.32 Å². The quantitative estimate of drug-likeness (QED) is 0.633. The monoisotopic (exact) mass is 398 g/mol. The summed E-state index contributed by atoms with van der Waals surface area (Å²) in [7, 11) is 0. The van der Waals surface area contributed by atoms with Gasteiger partial charge in [0.2, 0.25) is 11.8 Å². The SMILES string of the molecule is CCOC(=O)[C@H]1N[C@@H](c2ccc(Cl)cc2)[C@H]2C(=O)N(c3ccccc3)C(=O)[C@H]21. The summed E-state index contributed by atoms with van der Waals surface area (Å²) in [5, 5.41) is 3.73. The van der Waals surface area contributed by atoms with Gasteiger partial charge in [0.25, 0.3) is 0 Å². The molecule has 0 radical (unpaired) electrons. The molecule has 2 saturated heterocycles. The van der Waals surface area contributed by atoms with Crippen LogP contribution in [0.25, 0.3) is 0 Å². The molecule has 4 atom stereocenters. The van der Waals surface area contributed by atoms with Gasteiger partial charge in [0.05, 0.1) is 24.1 Å². The van der Waals surface area contributed by atoms with Gasteiger partial charge in [-0.2, -0.15) is 0 Å². The van der Waals surface area contributed by atoms with Crippen molar-refractivity contribution in [3.63, 3.8) is 0 Å². The number of carbonyl (C=O) groups excluding carboxylic acids is 3. The van der Waals surface area contributed by atoms with Crippen LogP contribution in [0.1, 0.15) is 18.5 Å². The molecule has 2 aliphatic heterocycles. The van der Waals surface area contributed by atoms with E-state index >= 15 is 0 Å². The van der Waals surface area contributed by atoms with E-state index in [4.69, 9.17) is 16.3 Å². The maximum absolute atomic E-state index is 13.3. The van der Waals surface area contributed by atoms with Crippen molar-refractivity contribution < 1.29 is 19.1 Å². The zero-order valence-corrected chi connectivity index (χ0v) is 15.9. The van der Waals surface area contributed by atoms with Crippen molar-refractivity contribution in [1.29, 1.82) is 0 Å². The van der Waals surface area contributed by atoms with Gasteiger partial charge in [-0.15, -0.1) is 0 Å². The molecule has 6 nitrogen and oxygen atoms in total. The van der Waals surface area contributed by atoms with Gasteiger partial charge in [-0.3, -0.25) is 19.7 Å². The molecular formula is C21H19ClN2O4. The highest BCUT2D eigenvalue weighted by molar-refractivity contribution is 6.30. The Hall–Kier alpha value is -2.70. The second-order valence-corrected chi connectivity index (χ2v) is 7.26. The van der Waals surface area contributed by atoms with Crippen LogP contribution >= 0.6 is 11.6 Å². The van der Waals surface area contributed by atoms with Crippen molar-refractivity contribution in [3.8, 4) is 0 Å². The first kappa shape index (κ1) is 18.7. The van der Waals surface area contributed by atoms with E-state index in [-0.39, 0.29) is 18.4 Å². The van der Waals surface area contributed by atoms with Crippen molar-refractivity contribution in [2.24, 2.45) is 11.8 Å². The van der Waals surface area contributed by atoms with Crippen LogP contribution in [0.3, 0.4) is 0 Å². The summed E-state index contributed by atoms with van der Waals surface area (Å²) >= 11 is 5.98. The number of para-hydroxylation sites is 1. The molecule has 28 heavy (non-hydrogen) atoms. The van der Waals surface area contributed by atoms with Crippen LogP contribution in [0.2, 0.25) is 5.02 Å². The first-order chi connectivity index (χ1) is 13.5. The highest BCUT2D eigenvalue weighted by atomic mass is 35.5. The van der Waals surface area contributed by atoms with Crippen LogP contribution in [0.5, 0.6) is 0 Å². The molecule has 2 fully saturated rings. The molecule has 0 unspecified atom stereocenters. The van der Waals surface area contributed by atoms with Crippen LogP contribution < -0.4 is 10.2 Å². The minimum atomic E-state index is -0.879.